The van der Waals surface area contributed by atoms with Crippen molar-refractivity contribution in [3.63, 3.8) is 0 Å². The average molecular weight is 282 g/mol. The Balaban J connectivity index is 1.86. The van der Waals surface area contributed by atoms with E-state index in [1.807, 2.05) is 0 Å². The van der Waals surface area contributed by atoms with Crippen molar-refractivity contribution in [2.45, 2.75) is 0 Å². The van der Waals surface area contributed by atoms with Gasteiger partial charge in [0.15, 0.2) is 0 Å². The van der Waals surface area contributed by atoms with E-state index in [-0.39, 0.29) is 17.3 Å². The first-order valence-corrected chi connectivity index (χ1v) is 6.27. The average Bonchev–Trinajstić information content (AvgIpc) is 2.49. The molecule has 0 unspecified atom stereocenters. The van der Waals surface area contributed by atoms with Gasteiger partial charge in [-0.05, 0) is 18.2 Å². The van der Waals surface area contributed by atoms with Gasteiger partial charge in [-0.3, -0.25) is 9.78 Å². The third kappa shape index (κ3) is 2.79. The lowest BCUT2D eigenvalue weighted by atomic mass is 10.2. The van der Waals surface area contributed by atoms with Crippen LogP contribution in [0.2, 0.25) is 0 Å². The first-order valence-electron chi connectivity index (χ1n) is 6.27. The monoisotopic (exact) mass is 282 g/mol. The summed E-state index contributed by atoms with van der Waals surface area (Å²) in [6.07, 6.45) is 1.32. The van der Waals surface area contributed by atoms with Gasteiger partial charge < -0.3 is 0 Å². The van der Waals surface area contributed by atoms with Crippen molar-refractivity contribution in [1.82, 2.24) is 9.97 Å². The Morgan fingerprint density at radius 3 is 2.76 bits per heavy atom. The fourth-order valence-electron chi connectivity index (χ4n) is 1.88. The molecule has 0 aliphatic rings. The van der Waals surface area contributed by atoms with E-state index in [0.717, 1.165) is 0 Å². The lowest BCUT2D eigenvalue weighted by Crippen LogP contribution is -2.11. The van der Waals surface area contributed by atoms with Crippen molar-refractivity contribution in [2.24, 2.45) is 5.10 Å². The molecule has 21 heavy (non-hydrogen) atoms. The van der Waals surface area contributed by atoms with Crippen LogP contribution in [0.1, 0.15) is 5.56 Å². The Morgan fingerprint density at radius 1 is 1.14 bits per heavy atom. The second-order valence-corrected chi connectivity index (χ2v) is 4.32. The van der Waals surface area contributed by atoms with Gasteiger partial charge in [-0.25, -0.2) is 14.8 Å². The molecule has 0 radical (unpaired) electrons. The molecule has 3 aromatic rings. The number of aromatic amines is 1. The number of rotatable bonds is 3. The summed E-state index contributed by atoms with van der Waals surface area (Å²) in [6.45, 7) is 0. The third-order valence-corrected chi connectivity index (χ3v) is 2.89. The molecule has 3 rings (SSSR count). The van der Waals surface area contributed by atoms with Crippen LogP contribution in [0.15, 0.2) is 58.4 Å². The van der Waals surface area contributed by atoms with E-state index in [0.29, 0.717) is 16.5 Å². The molecular formula is C15H11FN4O. The Bertz CT molecular complexity index is 873. The van der Waals surface area contributed by atoms with E-state index in [1.165, 1.54) is 12.3 Å². The summed E-state index contributed by atoms with van der Waals surface area (Å²) in [7, 11) is 0. The molecule has 0 aliphatic carbocycles. The van der Waals surface area contributed by atoms with Crippen LogP contribution in [0.5, 0.6) is 0 Å². The maximum absolute atomic E-state index is 13.4. The lowest BCUT2D eigenvalue weighted by molar-refractivity contribution is 0.626. The van der Waals surface area contributed by atoms with Crippen LogP contribution in [0.3, 0.4) is 0 Å². The molecule has 0 aliphatic heterocycles. The van der Waals surface area contributed by atoms with Crippen LogP contribution in [-0.4, -0.2) is 16.2 Å². The number of benzene rings is 2. The Kier molecular flexibility index (Phi) is 3.42. The minimum absolute atomic E-state index is 0.200. The van der Waals surface area contributed by atoms with E-state index in [4.69, 9.17) is 0 Å². The summed E-state index contributed by atoms with van der Waals surface area (Å²) in [5.41, 5.74) is 3.23. The lowest BCUT2D eigenvalue weighted by Gasteiger charge is -2.01. The molecule has 2 N–H and O–H groups in total. The van der Waals surface area contributed by atoms with E-state index >= 15 is 0 Å². The molecule has 0 atom stereocenters. The number of H-pyrrole nitrogens is 1. The first-order chi connectivity index (χ1) is 10.2. The van der Waals surface area contributed by atoms with Crippen molar-refractivity contribution in [2.75, 3.05) is 5.43 Å². The van der Waals surface area contributed by atoms with Crippen LogP contribution < -0.4 is 11.0 Å². The molecular weight excluding hydrogens is 271 g/mol. The molecule has 6 heteroatoms. The summed E-state index contributed by atoms with van der Waals surface area (Å²) >= 11 is 0. The molecule has 0 saturated heterocycles. The normalized spacial score (nSPS) is 11.1. The number of anilines is 1. The summed E-state index contributed by atoms with van der Waals surface area (Å²) in [4.78, 5) is 18.6. The van der Waals surface area contributed by atoms with Crippen LogP contribution in [0, 0.1) is 5.82 Å². The van der Waals surface area contributed by atoms with Crippen molar-refractivity contribution in [1.29, 1.82) is 0 Å². The SMILES string of the molecule is O=c1[nH]c(NN=Cc2ccccc2F)nc2ccccc12. The predicted octanol–water partition coefficient (Wildman–Crippen LogP) is 2.51. The molecule has 0 bridgehead atoms. The molecule has 0 amide bonds. The Labute approximate surface area is 119 Å². The van der Waals surface area contributed by atoms with Crippen molar-refractivity contribution in [3.05, 3.63) is 70.3 Å². The fraction of sp³-hybridized carbons (Fsp3) is 0. The van der Waals surface area contributed by atoms with Crippen molar-refractivity contribution in [3.8, 4) is 0 Å². The first kappa shape index (κ1) is 13.0. The largest absolute Gasteiger partial charge is 0.291 e. The number of hydrazone groups is 1. The number of halogens is 1. The maximum Gasteiger partial charge on any atom is 0.260 e. The van der Waals surface area contributed by atoms with Crippen LogP contribution in [0.4, 0.5) is 10.3 Å². The zero-order valence-corrected chi connectivity index (χ0v) is 10.9. The number of fused-ring (bicyclic) bond motifs is 1. The third-order valence-electron chi connectivity index (χ3n) is 2.89. The summed E-state index contributed by atoms with van der Waals surface area (Å²) in [5, 5.41) is 4.37. The van der Waals surface area contributed by atoms with Gasteiger partial charge in [-0.1, -0.05) is 30.3 Å². The Hall–Kier alpha value is -3.02. The van der Waals surface area contributed by atoms with Crippen molar-refractivity contribution >= 4 is 23.1 Å². The summed E-state index contributed by atoms with van der Waals surface area (Å²) in [5.74, 6) is -0.172. The van der Waals surface area contributed by atoms with Gasteiger partial charge in [0.25, 0.3) is 5.56 Å². The molecule has 104 valence electrons. The van der Waals surface area contributed by atoms with Crippen LogP contribution in [0.25, 0.3) is 10.9 Å². The van der Waals surface area contributed by atoms with Gasteiger partial charge in [0.2, 0.25) is 5.95 Å². The fourth-order valence-corrected chi connectivity index (χ4v) is 1.88. The number of para-hydroxylation sites is 1. The minimum atomic E-state index is -0.372. The zero-order chi connectivity index (χ0) is 14.7. The van der Waals surface area contributed by atoms with Crippen molar-refractivity contribution < 1.29 is 4.39 Å². The van der Waals surface area contributed by atoms with E-state index in [1.54, 1.807) is 42.5 Å². The smallest absolute Gasteiger partial charge is 0.260 e. The molecule has 0 saturated carbocycles. The molecule has 0 spiro atoms. The highest BCUT2D eigenvalue weighted by Gasteiger charge is 2.02. The topological polar surface area (TPSA) is 70.1 Å². The standard InChI is InChI=1S/C15H11FN4O/c16-12-7-3-1-5-10(12)9-17-20-15-18-13-8-4-2-6-11(13)14(21)19-15/h1-9H,(H2,18,19,20,21). The summed E-state index contributed by atoms with van der Waals surface area (Å²) < 4.78 is 13.4. The van der Waals surface area contributed by atoms with E-state index in [2.05, 4.69) is 20.5 Å². The van der Waals surface area contributed by atoms with Gasteiger partial charge >= 0.3 is 0 Å². The second kappa shape index (κ2) is 5.54. The molecule has 2 aromatic carbocycles. The van der Waals surface area contributed by atoms with Gasteiger partial charge in [0, 0.05) is 5.56 Å². The van der Waals surface area contributed by atoms with Gasteiger partial charge in [-0.2, -0.15) is 5.10 Å². The zero-order valence-electron chi connectivity index (χ0n) is 10.9. The highest BCUT2D eigenvalue weighted by atomic mass is 19.1. The maximum atomic E-state index is 13.4. The predicted molar refractivity (Wildman–Crippen MR) is 80.0 cm³/mol. The number of nitrogens with zero attached hydrogens (tertiary/aromatic N) is 2. The molecule has 0 fully saturated rings. The summed E-state index contributed by atoms with van der Waals surface area (Å²) in [6, 6.07) is 13.2. The van der Waals surface area contributed by atoms with E-state index in [9.17, 15) is 9.18 Å². The number of aromatic nitrogens is 2. The Morgan fingerprint density at radius 2 is 1.90 bits per heavy atom. The quantitative estimate of drug-likeness (QED) is 0.573. The second-order valence-electron chi connectivity index (χ2n) is 4.32. The van der Waals surface area contributed by atoms with E-state index < -0.39 is 0 Å². The van der Waals surface area contributed by atoms with Crippen LogP contribution >= 0.6 is 0 Å². The van der Waals surface area contributed by atoms with Gasteiger partial charge in [0.05, 0.1) is 17.1 Å². The minimum Gasteiger partial charge on any atom is -0.291 e. The molecule has 1 aromatic heterocycles. The van der Waals surface area contributed by atoms with Crippen LogP contribution in [-0.2, 0) is 0 Å². The van der Waals surface area contributed by atoms with Gasteiger partial charge in [-0.15, -0.1) is 0 Å². The molecule has 5 nitrogen and oxygen atoms in total. The molecule has 1 heterocycles. The highest BCUT2D eigenvalue weighted by Crippen LogP contribution is 2.08. The number of hydrogen-bond acceptors (Lipinski definition) is 4. The highest BCUT2D eigenvalue weighted by molar-refractivity contribution is 5.81. The number of hydrogen-bond donors (Lipinski definition) is 2. The number of nitrogens with one attached hydrogen (secondary N) is 2. The van der Waals surface area contributed by atoms with Gasteiger partial charge in [0.1, 0.15) is 5.82 Å².